The molecule has 0 bridgehead atoms. The van der Waals surface area contributed by atoms with Crippen molar-refractivity contribution in [2.45, 2.75) is 34.1 Å². The van der Waals surface area contributed by atoms with Gasteiger partial charge in [0.15, 0.2) is 0 Å². The van der Waals surface area contributed by atoms with Gasteiger partial charge in [0.1, 0.15) is 0 Å². The average molecular weight is 297 g/mol. The largest absolute Gasteiger partial charge is 0.315 e. The fourth-order valence-electron chi connectivity index (χ4n) is 1.87. The standard InChI is InChI=1S/C19H27N.C2H4/c1-9-12-14-19(16(6)7)20(17(8)13-10-2)18(11-3)15(4)5;1-2/h9-12,14H,1-3,8,13H2,4-7H3;1-2H2/b14-12-;. The molecule has 0 spiro atoms. The Morgan fingerprint density at radius 1 is 0.909 bits per heavy atom. The van der Waals surface area contributed by atoms with Crippen LogP contribution in [0.3, 0.4) is 0 Å². The second-order valence-corrected chi connectivity index (χ2v) is 4.96. The van der Waals surface area contributed by atoms with Gasteiger partial charge in [0.25, 0.3) is 0 Å². The Morgan fingerprint density at radius 2 is 1.41 bits per heavy atom. The van der Waals surface area contributed by atoms with E-state index in [1.807, 2.05) is 24.3 Å². The van der Waals surface area contributed by atoms with Gasteiger partial charge in [-0.15, -0.1) is 19.7 Å². The van der Waals surface area contributed by atoms with Gasteiger partial charge in [-0.05, 0) is 39.8 Å². The molecule has 1 nitrogen and oxygen atoms in total. The highest BCUT2D eigenvalue weighted by molar-refractivity contribution is 5.38. The van der Waals surface area contributed by atoms with E-state index in [-0.39, 0.29) is 0 Å². The third kappa shape index (κ3) is 6.94. The highest BCUT2D eigenvalue weighted by Crippen LogP contribution is 2.27. The van der Waals surface area contributed by atoms with E-state index in [1.165, 1.54) is 11.1 Å². The first kappa shape index (κ1) is 22.0. The summed E-state index contributed by atoms with van der Waals surface area (Å²) in [4.78, 5) is 2.14. The molecule has 0 aliphatic heterocycles. The summed E-state index contributed by atoms with van der Waals surface area (Å²) >= 11 is 0. The monoisotopic (exact) mass is 297 g/mol. The maximum Gasteiger partial charge on any atom is 0.0444 e. The molecule has 0 saturated carbocycles. The second-order valence-electron chi connectivity index (χ2n) is 4.96. The lowest BCUT2D eigenvalue weighted by molar-refractivity contribution is 0.537. The van der Waals surface area contributed by atoms with Gasteiger partial charge in [0, 0.05) is 23.5 Å². The Kier molecular flexibility index (Phi) is 12.5. The minimum atomic E-state index is 0.726. The number of hydrogen-bond donors (Lipinski definition) is 0. The molecule has 0 fully saturated rings. The van der Waals surface area contributed by atoms with Crippen LogP contribution < -0.4 is 0 Å². The molecule has 0 aliphatic carbocycles. The van der Waals surface area contributed by atoms with Gasteiger partial charge in [0.05, 0.1) is 0 Å². The molecule has 0 aromatic heterocycles. The van der Waals surface area contributed by atoms with Crippen LogP contribution in [-0.2, 0) is 0 Å². The predicted octanol–water partition coefficient (Wildman–Crippen LogP) is 6.70. The summed E-state index contributed by atoms with van der Waals surface area (Å²) in [7, 11) is 0. The predicted molar refractivity (Wildman–Crippen MR) is 103 cm³/mol. The van der Waals surface area contributed by atoms with E-state index in [4.69, 9.17) is 0 Å². The summed E-state index contributed by atoms with van der Waals surface area (Å²) < 4.78 is 0. The quantitative estimate of drug-likeness (QED) is 0.356. The summed E-state index contributed by atoms with van der Waals surface area (Å²) in [6.07, 6.45) is 10.2. The zero-order valence-corrected chi connectivity index (χ0v) is 14.8. The zero-order valence-electron chi connectivity index (χ0n) is 14.8. The van der Waals surface area contributed by atoms with Gasteiger partial charge < -0.3 is 4.90 Å². The minimum Gasteiger partial charge on any atom is -0.315 e. The van der Waals surface area contributed by atoms with E-state index in [0.29, 0.717) is 0 Å². The van der Waals surface area contributed by atoms with Crippen LogP contribution in [0.25, 0.3) is 0 Å². The first-order valence-electron chi connectivity index (χ1n) is 7.25. The normalized spacial score (nSPS) is 9.09. The Balaban J connectivity index is 0. The number of rotatable bonds is 8. The van der Waals surface area contributed by atoms with Gasteiger partial charge in [-0.25, -0.2) is 0 Å². The molecule has 0 heterocycles. The summed E-state index contributed by atoms with van der Waals surface area (Å²) in [5.74, 6) is 0. The fourth-order valence-corrected chi connectivity index (χ4v) is 1.87. The molecule has 22 heavy (non-hydrogen) atoms. The van der Waals surface area contributed by atoms with Crippen molar-refractivity contribution in [2.24, 2.45) is 0 Å². The summed E-state index contributed by atoms with van der Waals surface area (Å²) in [6.45, 7) is 30.0. The number of hydrogen-bond acceptors (Lipinski definition) is 1. The lowest BCUT2D eigenvalue weighted by Crippen LogP contribution is -2.21. The Labute approximate surface area is 137 Å². The average Bonchev–Trinajstić information content (AvgIpc) is 2.48. The first-order valence-corrected chi connectivity index (χ1v) is 7.25. The smallest absolute Gasteiger partial charge is 0.0444 e. The molecule has 0 aliphatic rings. The molecule has 0 aromatic carbocycles. The van der Waals surface area contributed by atoms with Crippen LogP contribution in [0, 0.1) is 0 Å². The molecule has 120 valence electrons. The zero-order chi connectivity index (χ0) is 17.7. The van der Waals surface area contributed by atoms with Crippen molar-refractivity contribution in [1.82, 2.24) is 4.90 Å². The molecule has 0 unspecified atom stereocenters. The lowest BCUT2D eigenvalue weighted by atomic mass is 10.1. The van der Waals surface area contributed by atoms with Gasteiger partial charge in [-0.2, -0.15) is 0 Å². The van der Waals surface area contributed by atoms with Crippen LogP contribution in [0.5, 0.6) is 0 Å². The van der Waals surface area contributed by atoms with Crippen LogP contribution in [0.15, 0.2) is 98.1 Å². The maximum atomic E-state index is 4.19. The van der Waals surface area contributed by atoms with Gasteiger partial charge in [-0.1, -0.05) is 49.1 Å². The second kappa shape index (κ2) is 12.5. The van der Waals surface area contributed by atoms with Crippen LogP contribution in [0.2, 0.25) is 0 Å². The van der Waals surface area contributed by atoms with Crippen molar-refractivity contribution in [3.8, 4) is 0 Å². The third-order valence-electron chi connectivity index (χ3n) is 2.79. The maximum absolute atomic E-state index is 4.19. The Morgan fingerprint density at radius 3 is 1.73 bits per heavy atom. The van der Waals surface area contributed by atoms with Crippen molar-refractivity contribution >= 4 is 0 Å². The van der Waals surface area contributed by atoms with Crippen LogP contribution >= 0.6 is 0 Å². The molecule has 0 N–H and O–H groups in total. The van der Waals surface area contributed by atoms with Crippen molar-refractivity contribution < 1.29 is 0 Å². The van der Waals surface area contributed by atoms with E-state index in [0.717, 1.165) is 23.5 Å². The van der Waals surface area contributed by atoms with Crippen LogP contribution in [0.1, 0.15) is 34.1 Å². The third-order valence-corrected chi connectivity index (χ3v) is 2.79. The van der Waals surface area contributed by atoms with Crippen molar-refractivity contribution in [3.63, 3.8) is 0 Å². The Hall–Kier alpha value is -2.28. The van der Waals surface area contributed by atoms with Crippen molar-refractivity contribution in [1.29, 1.82) is 0 Å². The van der Waals surface area contributed by atoms with Crippen molar-refractivity contribution in [2.75, 3.05) is 0 Å². The van der Waals surface area contributed by atoms with Crippen LogP contribution in [0.4, 0.5) is 0 Å². The molecule has 0 atom stereocenters. The molecule has 1 heteroatoms. The molecule has 0 saturated heterocycles. The molecule has 0 rings (SSSR count). The van der Waals surface area contributed by atoms with E-state index in [9.17, 15) is 0 Å². The highest BCUT2D eigenvalue weighted by Gasteiger charge is 2.15. The Bertz CT molecular complexity index is 490. The fraction of sp³-hybridized carbons (Fsp3) is 0.238. The van der Waals surface area contributed by atoms with Crippen LogP contribution in [-0.4, -0.2) is 4.90 Å². The van der Waals surface area contributed by atoms with Gasteiger partial charge in [0.2, 0.25) is 0 Å². The summed E-state index contributed by atoms with van der Waals surface area (Å²) in [5, 5.41) is 0. The van der Waals surface area contributed by atoms with E-state index < -0.39 is 0 Å². The first-order chi connectivity index (χ1) is 10.4. The molecular weight excluding hydrogens is 266 g/mol. The SMILES string of the molecule is C=C.C=C/C=C\C(=C(C)C)N(C(=C)CC=C)C(C=C)=C(C)C. The summed E-state index contributed by atoms with van der Waals surface area (Å²) in [6, 6.07) is 0. The number of nitrogens with zero attached hydrogens (tertiary/aromatic N) is 1. The molecule has 0 amide bonds. The molecule has 0 aromatic rings. The molecular formula is C21H31N. The van der Waals surface area contributed by atoms with E-state index in [1.54, 1.807) is 6.08 Å². The highest BCUT2D eigenvalue weighted by atomic mass is 15.2. The lowest BCUT2D eigenvalue weighted by Gasteiger charge is -2.30. The van der Waals surface area contributed by atoms with Gasteiger partial charge >= 0.3 is 0 Å². The van der Waals surface area contributed by atoms with Crippen molar-refractivity contribution in [3.05, 3.63) is 98.1 Å². The minimum absolute atomic E-state index is 0.726. The topological polar surface area (TPSA) is 3.24 Å². The van der Waals surface area contributed by atoms with E-state index in [2.05, 4.69) is 72.1 Å². The van der Waals surface area contributed by atoms with E-state index >= 15 is 0 Å². The number of allylic oxidation sites excluding steroid dienone is 7. The van der Waals surface area contributed by atoms with Gasteiger partial charge in [-0.3, -0.25) is 0 Å². The molecule has 0 radical (unpaired) electrons. The summed E-state index contributed by atoms with van der Waals surface area (Å²) in [5.41, 5.74) is 5.51.